The van der Waals surface area contributed by atoms with Gasteiger partial charge in [-0.1, -0.05) is 18.2 Å². The Morgan fingerprint density at radius 1 is 1.56 bits per heavy atom. The van der Waals surface area contributed by atoms with Crippen LogP contribution in [0.5, 0.6) is 5.75 Å². The van der Waals surface area contributed by atoms with Crippen LogP contribution >= 0.6 is 11.6 Å². The summed E-state index contributed by atoms with van der Waals surface area (Å²) in [5.41, 5.74) is 1.57. The number of carbonyl (C=O) groups is 1. The first-order valence-corrected chi connectivity index (χ1v) is 5.32. The molecule has 0 fully saturated rings. The Bertz CT molecular complexity index is 399. The number of hydrogen-bond acceptors (Lipinski definition) is 2. The monoisotopic (exact) mass is 240 g/mol. The van der Waals surface area contributed by atoms with Gasteiger partial charge in [-0.3, -0.25) is 4.79 Å². The van der Waals surface area contributed by atoms with Crippen molar-refractivity contribution in [2.75, 3.05) is 13.0 Å². The average molecular weight is 241 g/mol. The molecule has 0 aromatic heterocycles. The highest BCUT2D eigenvalue weighted by molar-refractivity contribution is 6.19. The molecule has 86 valence electrons. The summed E-state index contributed by atoms with van der Waals surface area (Å²) in [5.74, 6) is 0.264. The van der Waals surface area contributed by atoms with Gasteiger partial charge in [0, 0.05) is 11.4 Å². The minimum atomic E-state index is -0.850. The van der Waals surface area contributed by atoms with Crippen molar-refractivity contribution in [3.8, 4) is 5.75 Å². The Labute approximate surface area is 99.3 Å². The first-order valence-electron chi connectivity index (χ1n) is 4.78. The van der Waals surface area contributed by atoms with Gasteiger partial charge in [0.2, 0.25) is 0 Å². The third kappa shape index (κ3) is 3.59. The van der Waals surface area contributed by atoms with Gasteiger partial charge in [-0.05, 0) is 17.7 Å². The number of benzene rings is 1. The number of rotatable bonds is 5. The van der Waals surface area contributed by atoms with Crippen LogP contribution in [0, 0.1) is 0 Å². The lowest BCUT2D eigenvalue weighted by atomic mass is 10.1. The summed E-state index contributed by atoms with van der Waals surface area (Å²) in [7, 11) is 1.57. The molecule has 0 atom stereocenters. The molecule has 0 saturated carbocycles. The normalized spacial score (nSPS) is 10.6. The zero-order valence-electron chi connectivity index (χ0n) is 8.94. The van der Waals surface area contributed by atoms with E-state index in [2.05, 4.69) is 0 Å². The van der Waals surface area contributed by atoms with E-state index >= 15 is 0 Å². The lowest BCUT2D eigenvalue weighted by Crippen LogP contribution is -2.00. The number of aliphatic carboxylic acids is 1. The van der Waals surface area contributed by atoms with E-state index in [4.69, 9.17) is 21.4 Å². The molecule has 1 aromatic rings. The predicted octanol–water partition coefficient (Wildman–Crippen LogP) is 2.57. The van der Waals surface area contributed by atoms with E-state index in [9.17, 15) is 4.79 Å². The van der Waals surface area contributed by atoms with Crippen molar-refractivity contribution in [3.05, 3.63) is 35.4 Å². The van der Waals surface area contributed by atoms with Crippen molar-refractivity contribution < 1.29 is 14.6 Å². The van der Waals surface area contributed by atoms with Gasteiger partial charge in [-0.15, -0.1) is 11.6 Å². The van der Waals surface area contributed by atoms with Crippen molar-refractivity contribution in [1.29, 1.82) is 0 Å². The Morgan fingerprint density at radius 2 is 2.31 bits per heavy atom. The van der Waals surface area contributed by atoms with Gasteiger partial charge in [-0.25, -0.2) is 0 Å². The summed E-state index contributed by atoms with van der Waals surface area (Å²) in [6.07, 6.45) is 3.60. The van der Waals surface area contributed by atoms with E-state index in [1.165, 1.54) is 0 Å². The zero-order valence-corrected chi connectivity index (χ0v) is 9.70. The predicted molar refractivity (Wildman–Crippen MR) is 64.1 cm³/mol. The summed E-state index contributed by atoms with van der Waals surface area (Å²) in [6.45, 7) is 0. The molecular weight excluding hydrogens is 228 g/mol. The van der Waals surface area contributed by atoms with Crippen LogP contribution < -0.4 is 4.74 Å². The van der Waals surface area contributed by atoms with Crippen LogP contribution in [0.15, 0.2) is 24.3 Å². The quantitative estimate of drug-likeness (QED) is 0.805. The van der Waals surface area contributed by atoms with Crippen molar-refractivity contribution >= 4 is 23.6 Å². The highest BCUT2D eigenvalue weighted by Gasteiger charge is 2.04. The molecule has 0 amide bonds. The zero-order chi connectivity index (χ0) is 12.0. The van der Waals surface area contributed by atoms with Crippen molar-refractivity contribution in [1.82, 2.24) is 0 Å². The molecular formula is C12H13ClO3. The number of methoxy groups -OCH3 is 1. The summed E-state index contributed by atoms with van der Waals surface area (Å²) in [6, 6.07) is 5.28. The number of halogens is 1. The molecule has 0 bridgehead atoms. The SMILES string of the molecule is COc1ccc(CC(=O)O)cc1C=CCCl. The van der Waals surface area contributed by atoms with E-state index in [1.54, 1.807) is 31.4 Å². The summed E-state index contributed by atoms with van der Waals surface area (Å²) in [5, 5.41) is 8.69. The molecule has 0 unspecified atom stereocenters. The van der Waals surface area contributed by atoms with Gasteiger partial charge in [0.25, 0.3) is 0 Å². The van der Waals surface area contributed by atoms with Gasteiger partial charge >= 0.3 is 5.97 Å². The maximum atomic E-state index is 10.6. The smallest absolute Gasteiger partial charge is 0.307 e. The largest absolute Gasteiger partial charge is 0.496 e. The molecule has 3 nitrogen and oxygen atoms in total. The molecule has 0 heterocycles. The molecule has 0 aliphatic heterocycles. The van der Waals surface area contributed by atoms with Crippen LogP contribution in [0.2, 0.25) is 0 Å². The highest BCUT2D eigenvalue weighted by Crippen LogP contribution is 2.21. The van der Waals surface area contributed by atoms with E-state index < -0.39 is 5.97 Å². The van der Waals surface area contributed by atoms with E-state index in [0.717, 1.165) is 11.1 Å². The maximum Gasteiger partial charge on any atom is 0.307 e. The fraction of sp³-hybridized carbons (Fsp3) is 0.250. The maximum absolute atomic E-state index is 10.6. The highest BCUT2D eigenvalue weighted by atomic mass is 35.5. The number of carboxylic acids is 1. The summed E-state index contributed by atoms with van der Waals surface area (Å²) in [4.78, 5) is 10.6. The molecule has 16 heavy (non-hydrogen) atoms. The Balaban J connectivity index is 3.00. The van der Waals surface area contributed by atoms with Crippen LogP contribution in [-0.2, 0) is 11.2 Å². The van der Waals surface area contributed by atoms with Crippen molar-refractivity contribution in [3.63, 3.8) is 0 Å². The summed E-state index contributed by atoms with van der Waals surface area (Å²) >= 11 is 5.55. The van der Waals surface area contributed by atoms with Crippen LogP contribution in [0.3, 0.4) is 0 Å². The number of ether oxygens (including phenoxy) is 1. The number of hydrogen-bond donors (Lipinski definition) is 1. The average Bonchev–Trinajstić information content (AvgIpc) is 2.25. The van der Waals surface area contributed by atoms with Crippen LogP contribution in [0.1, 0.15) is 11.1 Å². The van der Waals surface area contributed by atoms with Crippen LogP contribution in [-0.4, -0.2) is 24.1 Å². The molecule has 1 N–H and O–H groups in total. The minimum absolute atomic E-state index is 0.00566. The van der Waals surface area contributed by atoms with Crippen LogP contribution in [0.4, 0.5) is 0 Å². The van der Waals surface area contributed by atoms with Gasteiger partial charge in [0.15, 0.2) is 0 Å². The molecule has 0 aliphatic rings. The van der Waals surface area contributed by atoms with Crippen molar-refractivity contribution in [2.24, 2.45) is 0 Å². The van der Waals surface area contributed by atoms with E-state index in [1.807, 2.05) is 6.08 Å². The number of carboxylic acid groups (broad SMARTS) is 1. The Morgan fingerprint density at radius 3 is 2.88 bits per heavy atom. The van der Waals surface area contributed by atoms with Crippen LogP contribution in [0.25, 0.3) is 6.08 Å². The van der Waals surface area contributed by atoms with E-state index in [0.29, 0.717) is 11.6 Å². The second-order valence-electron chi connectivity index (χ2n) is 3.20. The van der Waals surface area contributed by atoms with Gasteiger partial charge in [-0.2, -0.15) is 0 Å². The molecule has 0 radical (unpaired) electrons. The molecule has 1 rings (SSSR count). The summed E-state index contributed by atoms with van der Waals surface area (Å²) < 4.78 is 5.16. The third-order valence-electron chi connectivity index (χ3n) is 2.04. The first-order chi connectivity index (χ1) is 7.67. The van der Waals surface area contributed by atoms with Gasteiger partial charge in [0.1, 0.15) is 5.75 Å². The Hall–Kier alpha value is -1.48. The van der Waals surface area contributed by atoms with E-state index in [-0.39, 0.29) is 6.42 Å². The molecule has 0 saturated heterocycles. The molecule has 4 heteroatoms. The second kappa shape index (κ2) is 6.18. The minimum Gasteiger partial charge on any atom is -0.496 e. The number of allylic oxidation sites excluding steroid dienone is 1. The standard InChI is InChI=1S/C12H13ClO3/c1-16-11-5-4-9(8-12(14)15)7-10(11)3-2-6-13/h2-5,7H,6,8H2,1H3,(H,14,15). The first kappa shape index (κ1) is 12.6. The van der Waals surface area contributed by atoms with Gasteiger partial charge < -0.3 is 9.84 Å². The molecule has 0 spiro atoms. The van der Waals surface area contributed by atoms with Gasteiger partial charge in [0.05, 0.1) is 13.5 Å². The number of alkyl halides is 1. The Kier molecular flexibility index (Phi) is 4.86. The third-order valence-corrected chi connectivity index (χ3v) is 2.21. The fourth-order valence-electron chi connectivity index (χ4n) is 1.37. The second-order valence-corrected chi connectivity index (χ2v) is 3.51. The van der Waals surface area contributed by atoms with Crippen molar-refractivity contribution in [2.45, 2.75) is 6.42 Å². The lowest BCUT2D eigenvalue weighted by molar-refractivity contribution is -0.136. The topological polar surface area (TPSA) is 46.5 Å². The molecule has 1 aromatic carbocycles. The fourth-order valence-corrected chi connectivity index (χ4v) is 1.46. The lowest BCUT2D eigenvalue weighted by Gasteiger charge is -2.06. The molecule has 0 aliphatic carbocycles.